The van der Waals surface area contributed by atoms with Gasteiger partial charge in [0.05, 0.1) is 13.2 Å². The highest BCUT2D eigenvalue weighted by molar-refractivity contribution is 5.37. The summed E-state index contributed by atoms with van der Waals surface area (Å²) in [4.78, 5) is 2.60. The summed E-state index contributed by atoms with van der Waals surface area (Å²) in [7, 11) is 1.74. The van der Waals surface area contributed by atoms with E-state index < -0.39 is 0 Å². The van der Waals surface area contributed by atoms with E-state index in [2.05, 4.69) is 30.9 Å². The monoisotopic (exact) mass is 276 g/mol. The van der Waals surface area contributed by atoms with Gasteiger partial charge in [0.2, 0.25) is 0 Å². The number of methoxy groups -OCH3 is 1. The van der Waals surface area contributed by atoms with Crippen LogP contribution in [-0.2, 0) is 0 Å². The number of nitrogens with two attached hydrogens (primary N) is 1. The Morgan fingerprint density at radius 2 is 2.05 bits per heavy atom. The molecule has 0 amide bonds. The Balaban J connectivity index is 2.28. The van der Waals surface area contributed by atoms with Crippen molar-refractivity contribution in [1.29, 1.82) is 0 Å². The highest BCUT2D eigenvalue weighted by Gasteiger charge is 2.36. The first-order valence-electron chi connectivity index (χ1n) is 7.83. The molecule has 0 bridgehead atoms. The molecular weight excluding hydrogens is 248 g/mol. The van der Waals surface area contributed by atoms with Crippen LogP contribution in [0.1, 0.15) is 51.1 Å². The van der Waals surface area contributed by atoms with Crippen LogP contribution in [0.25, 0.3) is 0 Å². The Bertz CT molecular complexity index is 415. The van der Waals surface area contributed by atoms with Gasteiger partial charge in [0.25, 0.3) is 0 Å². The Morgan fingerprint density at radius 3 is 2.60 bits per heavy atom. The van der Waals surface area contributed by atoms with E-state index in [0.29, 0.717) is 6.04 Å². The molecule has 1 aliphatic carbocycles. The van der Waals surface area contributed by atoms with Gasteiger partial charge in [0.15, 0.2) is 0 Å². The van der Waals surface area contributed by atoms with Crippen molar-refractivity contribution in [2.24, 2.45) is 5.73 Å². The van der Waals surface area contributed by atoms with Gasteiger partial charge in [0, 0.05) is 17.6 Å². The molecule has 3 nitrogen and oxygen atoms in total. The van der Waals surface area contributed by atoms with Crippen LogP contribution in [0.15, 0.2) is 24.3 Å². The summed E-state index contributed by atoms with van der Waals surface area (Å²) in [5, 5.41) is 0. The molecule has 2 N–H and O–H groups in total. The van der Waals surface area contributed by atoms with E-state index >= 15 is 0 Å². The molecule has 0 aromatic heterocycles. The number of hydrogen-bond donors (Lipinski definition) is 1. The van der Waals surface area contributed by atoms with Crippen molar-refractivity contribution < 1.29 is 4.74 Å². The van der Waals surface area contributed by atoms with Crippen molar-refractivity contribution in [3.05, 3.63) is 29.8 Å². The van der Waals surface area contributed by atoms with Crippen LogP contribution in [0, 0.1) is 0 Å². The van der Waals surface area contributed by atoms with Gasteiger partial charge in [-0.3, -0.25) is 4.90 Å². The summed E-state index contributed by atoms with van der Waals surface area (Å²) in [5.41, 5.74) is 7.56. The Hall–Kier alpha value is -1.06. The third-order valence-electron chi connectivity index (χ3n) is 4.10. The first kappa shape index (κ1) is 15.3. The van der Waals surface area contributed by atoms with Crippen molar-refractivity contribution in [1.82, 2.24) is 4.90 Å². The summed E-state index contributed by atoms with van der Waals surface area (Å²) in [6.45, 7) is 5.49. The van der Waals surface area contributed by atoms with Gasteiger partial charge in [-0.25, -0.2) is 0 Å². The summed E-state index contributed by atoms with van der Waals surface area (Å²) >= 11 is 0. The molecule has 2 unspecified atom stereocenters. The van der Waals surface area contributed by atoms with Crippen LogP contribution in [0.3, 0.4) is 0 Å². The molecule has 0 aliphatic heterocycles. The molecule has 1 aromatic carbocycles. The predicted octanol–water partition coefficient (Wildman–Crippen LogP) is 3.35. The lowest BCUT2D eigenvalue weighted by Crippen LogP contribution is -2.41. The van der Waals surface area contributed by atoms with Crippen LogP contribution < -0.4 is 10.5 Å². The normalized spacial score (nSPS) is 18.1. The summed E-state index contributed by atoms with van der Waals surface area (Å²) in [5.74, 6) is 0.956. The van der Waals surface area contributed by atoms with E-state index in [1.54, 1.807) is 7.11 Å². The van der Waals surface area contributed by atoms with E-state index in [4.69, 9.17) is 10.5 Å². The SMILES string of the molecule is CCCCN(C1CC1)C(c1ccccc1OC)C(C)N. The lowest BCUT2D eigenvalue weighted by atomic mass is 9.97. The molecule has 0 heterocycles. The molecule has 20 heavy (non-hydrogen) atoms. The van der Waals surface area contributed by atoms with Crippen molar-refractivity contribution in [3.8, 4) is 5.75 Å². The second-order valence-electron chi connectivity index (χ2n) is 5.87. The summed E-state index contributed by atoms with van der Waals surface area (Å²) < 4.78 is 5.55. The van der Waals surface area contributed by atoms with Crippen LogP contribution in [0.2, 0.25) is 0 Å². The van der Waals surface area contributed by atoms with E-state index in [-0.39, 0.29) is 12.1 Å². The van der Waals surface area contributed by atoms with Crippen molar-refractivity contribution in [3.63, 3.8) is 0 Å². The van der Waals surface area contributed by atoms with Crippen molar-refractivity contribution >= 4 is 0 Å². The molecule has 2 rings (SSSR count). The largest absolute Gasteiger partial charge is 0.496 e. The van der Waals surface area contributed by atoms with Gasteiger partial charge >= 0.3 is 0 Å². The number of benzene rings is 1. The fourth-order valence-corrected chi connectivity index (χ4v) is 2.97. The van der Waals surface area contributed by atoms with Crippen LogP contribution in [0.4, 0.5) is 0 Å². The Morgan fingerprint density at radius 1 is 1.35 bits per heavy atom. The topological polar surface area (TPSA) is 38.5 Å². The third-order valence-corrected chi connectivity index (χ3v) is 4.10. The van der Waals surface area contributed by atoms with Gasteiger partial charge < -0.3 is 10.5 Å². The molecule has 3 heteroatoms. The Labute approximate surface area is 123 Å². The molecule has 112 valence electrons. The first-order valence-corrected chi connectivity index (χ1v) is 7.83. The van der Waals surface area contributed by atoms with Crippen molar-refractivity contribution in [2.45, 2.75) is 57.7 Å². The summed E-state index contributed by atoms with van der Waals surface area (Å²) in [6, 6.07) is 9.37. The van der Waals surface area contributed by atoms with Gasteiger partial charge in [-0.15, -0.1) is 0 Å². The predicted molar refractivity (Wildman–Crippen MR) is 84.0 cm³/mol. The highest BCUT2D eigenvalue weighted by atomic mass is 16.5. The van der Waals surface area contributed by atoms with Crippen LogP contribution in [0.5, 0.6) is 5.75 Å². The fourth-order valence-electron chi connectivity index (χ4n) is 2.97. The molecule has 1 aliphatic rings. The quantitative estimate of drug-likeness (QED) is 0.791. The minimum atomic E-state index is 0.101. The second-order valence-corrected chi connectivity index (χ2v) is 5.87. The number of para-hydroxylation sites is 1. The maximum absolute atomic E-state index is 6.33. The molecule has 0 saturated heterocycles. The van der Waals surface area contributed by atoms with E-state index in [1.807, 2.05) is 12.1 Å². The zero-order chi connectivity index (χ0) is 14.5. The first-order chi connectivity index (χ1) is 9.69. The number of unbranched alkanes of at least 4 members (excludes halogenated alkanes) is 1. The number of ether oxygens (including phenoxy) is 1. The third kappa shape index (κ3) is 3.53. The second kappa shape index (κ2) is 7.09. The van der Waals surface area contributed by atoms with Gasteiger partial charge in [-0.2, -0.15) is 0 Å². The zero-order valence-corrected chi connectivity index (χ0v) is 13.0. The van der Waals surface area contributed by atoms with Crippen LogP contribution >= 0.6 is 0 Å². The lowest BCUT2D eigenvalue weighted by Gasteiger charge is -2.35. The summed E-state index contributed by atoms with van der Waals surface area (Å²) in [6.07, 6.45) is 5.07. The van der Waals surface area contributed by atoms with Gasteiger partial charge in [0.1, 0.15) is 5.75 Å². The van der Waals surface area contributed by atoms with Gasteiger partial charge in [-0.05, 0) is 38.8 Å². The van der Waals surface area contributed by atoms with Crippen molar-refractivity contribution in [2.75, 3.05) is 13.7 Å². The molecule has 1 saturated carbocycles. The standard InChI is InChI=1S/C17H28N2O/c1-4-5-12-19(14-10-11-14)17(13(2)18)15-8-6-7-9-16(15)20-3/h6-9,13-14,17H,4-5,10-12,18H2,1-3H3. The number of rotatable bonds is 8. The van der Waals surface area contributed by atoms with E-state index in [9.17, 15) is 0 Å². The van der Waals surface area contributed by atoms with E-state index in [1.165, 1.54) is 31.2 Å². The number of hydrogen-bond acceptors (Lipinski definition) is 3. The molecule has 1 fully saturated rings. The Kier molecular flexibility index (Phi) is 5.44. The zero-order valence-electron chi connectivity index (χ0n) is 13.0. The molecular formula is C17H28N2O. The molecule has 1 aromatic rings. The maximum Gasteiger partial charge on any atom is 0.123 e. The minimum absolute atomic E-state index is 0.101. The molecule has 0 spiro atoms. The fraction of sp³-hybridized carbons (Fsp3) is 0.647. The number of nitrogens with zero attached hydrogens (tertiary/aromatic N) is 1. The van der Waals surface area contributed by atoms with E-state index in [0.717, 1.165) is 12.3 Å². The highest BCUT2D eigenvalue weighted by Crippen LogP contribution is 2.38. The lowest BCUT2D eigenvalue weighted by molar-refractivity contribution is 0.161. The maximum atomic E-state index is 6.33. The minimum Gasteiger partial charge on any atom is -0.496 e. The average Bonchev–Trinajstić information content (AvgIpc) is 3.27. The van der Waals surface area contributed by atoms with Gasteiger partial charge in [-0.1, -0.05) is 31.5 Å². The average molecular weight is 276 g/mol. The smallest absolute Gasteiger partial charge is 0.123 e. The molecule has 2 atom stereocenters. The molecule has 0 radical (unpaired) electrons. The van der Waals surface area contributed by atoms with Crippen LogP contribution in [-0.4, -0.2) is 30.6 Å².